The topological polar surface area (TPSA) is 122 Å². The third kappa shape index (κ3) is 7.28. The van der Waals surface area contributed by atoms with Gasteiger partial charge in [-0.05, 0) is 37.1 Å². The lowest BCUT2D eigenvalue weighted by Gasteiger charge is -2.19. The molecule has 0 aliphatic carbocycles. The molecule has 0 aromatic heterocycles. The van der Waals surface area contributed by atoms with E-state index in [0.717, 1.165) is 4.31 Å². The van der Waals surface area contributed by atoms with Gasteiger partial charge in [-0.15, -0.1) is 0 Å². The molecule has 0 saturated carbocycles. The van der Waals surface area contributed by atoms with Crippen molar-refractivity contribution >= 4 is 33.5 Å². The number of carbonyl (C=O) groups is 3. The number of ether oxygens (including phenoxy) is 1. The normalized spacial score (nSPS) is 12.5. The van der Waals surface area contributed by atoms with Crippen LogP contribution in [0.3, 0.4) is 0 Å². The van der Waals surface area contributed by atoms with E-state index in [0.29, 0.717) is 12.2 Å². The number of sulfonamides is 1. The zero-order valence-corrected chi connectivity index (χ0v) is 17.5. The fourth-order valence-corrected chi connectivity index (χ4v) is 3.21. The summed E-state index contributed by atoms with van der Waals surface area (Å²) in [7, 11) is -2.70. The van der Waals surface area contributed by atoms with Gasteiger partial charge < -0.3 is 15.4 Å². The average molecular weight is 413 g/mol. The molecule has 0 fully saturated rings. The van der Waals surface area contributed by atoms with E-state index in [4.69, 9.17) is 4.74 Å². The Morgan fingerprint density at radius 3 is 2.18 bits per heavy atom. The maximum atomic E-state index is 12.5. The van der Waals surface area contributed by atoms with Gasteiger partial charge >= 0.3 is 5.97 Å². The van der Waals surface area contributed by atoms with E-state index in [1.807, 2.05) is 13.8 Å². The second-order valence-corrected chi connectivity index (χ2v) is 8.78. The Balaban J connectivity index is 2.69. The Kier molecular flexibility index (Phi) is 8.58. The van der Waals surface area contributed by atoms with Gasteiger partial charge in [-0.3, -0.25) is 14.4 Å². The van der Waals surface area contributed by atoms with Gasteiger partial charge in [0.15, 0.2) is 6.10 Å². The summed E-state index contributed by atoms with van der Waals surface area (Å²) in [4.78, 5) is 34.8. The Hall–Kier alpha value is -2.46. The van der Waals surface area contributed by atoms with Gasteiger partial charge in [0.25, 0.3) is 5.91 Å². The molecule has 2 amide bonds. The number of amides is 2. The summed E-state index contributed by atoms with van der Waals surface area (Å²) in [6.45, 7) is 6.52. The summed E-state index contributed by atoms with van der Waals surface area (Å²) in [5.41, 5.74) is 0.453. The minimum absolute atomic E-state index is 0.0420. The van der Waals surface area contributed by atoms with Crippen molar-refractivity contribution in [1.29, 1.82) is 0 Å². The van der Waals surface area contributed by atoms with Gasteiger partial charge in [0.1, 0.15) is 6.54 Å². The lowest BCUT2D eigenvalue weighted by atomic mass is 10.2. The molecule has 0 aliphatic rings. The fraction of sp³-hybridized carbons (Fsp3) is 0.500. The first-order chi connectivity index (χ1) is 12.9. The lowest BCUT2D eigenvalue weighted by Crippen LogP contribution is -2.40. The Morgan fingerprint density at radius 1 is 1.11 bits per heavy atom. The lowest BCUT2D eigenvalue weighted by molar-refractivity contribution is -0.154. The number of carbonyl (C=O) groups excluding carboxylic acids is 3. The second kappa shape index (κ2) is 10.2. The minimum atomic E-state index is -3.94. The molecule has 0 unspecified atom stereocenters. The first kappa shape index (κ1) is 23.6. The Bertz CT molecular complexity index is 805. The molecular weight excluding hydrogens is 386 g/mol. The number of nitrogens with zero attached hydrogens (tertiary/aromatic N) is 1. The predicted molar refractivity (Wildman–Crippen MR) is 104 cm³/mol. The molecule has 0 bridgehead atoms. The molecule has 0 aliphatic heterocycles. The van der Waals surface area contributed by atoms with E-state index in [2.05, 4.69) is 10.6 Å². The summed E-state index contributed by atoms with van der Waals surface area (Å²) in [6.07, 6.45) is -1.03. The molecule has 0 saturated heterocycles. The summed E-state index contributed by atoms with van der Waals surface area (Å²) in [5, 5.41) is 5.17. The second-order valence-electron chi connectivity index (χ2n) is 6.74. The highest BCUT2D eigenvalue weighted by molar-refractivity contribution is 7.89. The van der Waals surface area contributed by atoms with E-state index in [1.165, 1.54) is 45.2 Å². The van der Waals surface area contributed by atoms with Gasteiger partial charge in [0.2, 0.25) is 15.9 Å². The Labute approximate surface area is 165 Å². The SMILES string of the molecule is CC(=O)Nc1ccc(S(=O)(=O)N(C)CC(=O)O[C@H](C)C(=O)NCC(C)C)cc1. The van der Waals surface area contributed by atoms with Crippen LogP contribution < -0.4 is 10.6 Å². The average Bonchev–Trinajstić information content (AvgIpc) is 2.59. The minimum Gasteiger partial charge on any atom is -0.452 e. The highest BCUT2D eigenvalue weighted by atomic mass is 32.2. The number of anilines is 1. The van der Waals surface area contributed by atoms with Crippen LogP contribution in [0.5, 0.6) is 0 Å². The first-order valence-electron chi connectivity index (χ1n) is 8.74. The number of esters is 1. The van der Waals surface area contributed by atoms with E-state index in [-0.39, 0.29) is 16.7 Å². The molecule has 1 aromatic carbocycles. The fourth-order valence-electron chi connectivity index (χ4n) is 2.10. The van der Waals surface area contributed by atoms with Crippen molar-refractivity contribution in [2.45, 2.75) is 38.7 Å². The molecule has 2 N–H and O–H groups in total. The highest BCUT2D eigenvalue weighted by Gasteiger charge is 2.25. The highest BCUT2D eigenvalue weighted by Crippen LogP contribution is 2.17. The van der Waals surface area contributed by atoms with Crippen molar-refractivity contribution in [3.05, 3.63) is 24.3 Å². The summed E-state index contributed by atoms with van der Waals surface area (Å²) < 4.78 is 30.9. The molecule has 156 valence electrons. The largest absolute Gasteiger partial charge is 0.452 e. The van der Waals surface area contributed by atoms with Gasteiger partial charge in [0, 0.05) is 26.2 Å². The molecular formula is C18H27N3O6S. The van der Waals surface area contributed by atoms with Crippen LogP contribution in [-0.4, -0.2) is 56.7 Å². The van der Waals surface area contributed by atoms with E-state index in [1.54, 1.807) is 0 Å². The van der Waals surface area contributed by atoms with Crippen LogP contribution in [0.25, 0.3) is 0 Å². The van der Waals surface area contributed by atoms with Crippen LogP contribution in [0.2, 0.25) is 0 Å². The molecule has 0 spiro atoms. The Morgan fingerprint density at radius 2 is 1.68 bits per heavy atom. The third-order valence-electron chi connectivity index (χ3n) is 3.60. The molecule has 1 rings (SSSR count). The summed E-state index contributed by atoms with van der Waals surface area (Å²) in [6, 6.07) is 5.54. The van der Waals surface area contributed by atoms with E-state index >= 15 is 0 Å². The van der Waals surface area contributed by atoms with E-state index < -0.39 is 34.5 Å². The van der Waals surface area contributed by atoms with Crippen LogP contribution in [0, 0.1) is 5.92 Å². The number of nitrogens with one attached hydrogen (secondary N) is 2. The molecule has 0 heterocycles. The standard InChI is InChI=1S/C18H27N3O6S/c1-12(2)10-19-18(24)13(3)27-17(23)11-21(5)28(25,26)16-8-6-15(7-9-16)20-14(4)22/h6-9,12-13H,10-11H2,1-5H3,(H,19,24)(H,20,22)/t13-/m1/s1. The van der Waals surface area contributed by atoms with Gasteiger partial charge in [0.05, 0.1) is 4.90 Å². The van der Waals surface area contributed by atoms with Crippen molar-refractivity contribution in [2.75, 3.05) is 25.5 Å². The molecule has 1 atom stereocenters. The van der Waals surface area contributed by atoms with Crippen molar-refractivity contribution < 1.29 is 27.5 Å². The maximum Gasteiger partial charge on any atom is 0.322 e. The zero-order valence-electron chi connectivity index (χ0n) is 16.7. The molecule has 28 heavy (non-hydrogen) atoms. The molecule has 10 heteroatoms. The van der Waals surface area contributed by atoms with Gasteiger partial charge in [-0.25, -0.2) is 8.42 Å². The number of benzene rings is 1. The first-order valence-corrected chi connectivity index (χ1v) is 10.2. The van der Waals surface area contributed by atoms with Crippen LogP contribution in [0.1, 0.15) is 27.7 Å². The van der Waals surface area contributed by atoms with Crippen LogP contribution in [0.4, 0.5) is 5.69 Å². The zero-order chi connectivity index (χ0) is 21.5. The summed E-state index contributed by atoms with van der Waals surface area (Å²) in [5.74, 6) is -1.31. The number of rotatable bonds is 9. The van der Waals surface area contributed by atoms with Crippen molar-refractivity contribution in [3.63, 3.8) is 0 Å². The van der Waals surface area contributed by atoms with Crippen LogP contribution in [0.15, 0.2) is 29.2 Å². The quantitative estimate of drug-likeness (QED) is 0.582. The molecule has 1 aromatic rings. The van der Waals surface area contributed by atoms with Gasteiger partial charge in [-0.2, -0.15) is 4.31 Å². The van der Waals surface area contributed by atoms with Crippen LogP contribution >= 0.6 is 0 Å². The monoisotopic (exact) mass is 413 g/mol. The molecule has 9 nitrogen and oxygen atoms in total. The van der Waals surface area contributed by atoms with Crippen molar-refractivity contribution in [2.24, 2.45) is 5.92 Å². The van der Waals surface area contributed by atoms with E-state index in [9.17, 15) is 22.8 Å². The van der Waals surface area contributed by atoms with Crippen LogP contribution in [-0.2, 0) is 29.1 Å². The van der Waals surface area contributed by atoms with Crippen molar-refractivity contribution in [3.8, 4) is 0 Å². The third-order valence-corrected chi connectivity index (χ3v) is 5.41. The number of hydrogen-bond donors (Lipinski definition) is 2. The predicted octanol–water partition coefficient (Wildman–Crippen LogP) is 0.969. The van der Waals surface area contributed by atoms with Gasteiger partial charge in [-0.1, -0.05) is 13.8 Å². The number of hydrogen-bond acceptors (Lipinski definition) is 6. The smallest absolute Gasteiger partial charge is 0.322 e. The van der Waals surface area contributed by atoms with Crippen molar-refractivity contribution in [1.82, 2.24) is 9.62 Å². The maximum absolute atomic E-state index is 12.5. The summed E-state index contributed by atoms with van der Waals surface area (Å²) >= 11 is 0. The number of likely N-dealkylation sites (N-methyl/N-ethyl adjacent to an activating group) is 1. The molecule has 0 radical (unpaired) electrons.